The van der Waals surface area contributed by atoms with Crippen LogP contribution in [0, 0.1) is 5.92 Å². The van der Waals surface area contributed by atoms with E-state index in [0.29, 0.717) is 12.5 Å². The van der Waals surface area contributed by atoms with Gasteiger partial charge in [0.1, 0.15) is 10.8 Å². The maximum Gasteiger partial charge on any atom is 0.224 e. The fourth-order valence-corrected chi connectivity index (χ4v) is 4.89. The van der Waals surface area contributed by atoms with Crippen LogP contribution >= 0.6 is 38.6 Å². The van der Waals surface area contributed by atoms with Crippen LogP contribution in [0.1, 0.15) is 32.4 Å². The van der Waals surface area contributed by atoms with Crippen LogP contribution in [0.15, 0.2) is 45.2 Å². The van der Waals surface area contributed by atoms with E-state index in [1.807, 2.05) is 6.07 Å². The van der Waals surface area contributed by atoms with E-state index in [-0.39, 0.29) is 6.04 Å². The molecule has 0 spiro atoms. The lowest BCUT2D eigenvalue weighted by atomic mass is 10.1. The average molecular weight is 476 g/mol. The molecule has 0 amide bonds. The lowest BCUT2D eigenvalue weighted by molar-refractivity contribution is 0.913. The maximum atomic E-state index is 4.69. The smallest absolute Gasteiger partial charge is 0.224 e. The number of hydrogen-bond donors (Lipinski definition) is 2. The van der Waals surface area contributed by atoms with Gasteiger partial charge in [-0.3, -0.25) is 0 Å². The summed E-state index contributed by atoms with van der Waals surface area (Å²) in [5.41, 5.74) is 2.46. The molecule has 5 nitrogen and oxygen atoms in total. The number of nitrogens with zero attached hydrogens (tertiary/aromatic N) is 3. The van der Waals surface area contributed by atoms with Crippen LogP contribution in [0.25, 0.3) is 9.88 Å². The van der Waals surface area contributed by atoms with Gasteiger partial charge in [-0.15, -0.1) is 22.7 Å². The Kier molecular flexibility index (Phi) is 6.08. The summed E-state index contributed by atoms with van der Waals surface area (Å²) in [5, 5.41) is 11.9. The Bertz CT molecular complexity index is 963. The van der Waals surface area contributed by atoms with E-state index in [1.54, 1.807) is 28.9 Å². The van der Waals surface area contributed by atoms with Crippen LogP contribution in [0.5, 0.6) is 0 Å². The summed E-state index contributed by atoms with van der Waals surface area (Å²) in [6, 6.07) is 4.36. The van der Waals surface area contributed by atoms with E-state index in [2.05, 4.69) is 78.3 Å². The maximum absolute atomic E-state index is 4.69. The summed E-state index contributed by atoms with van der Waals surface area (Å²) in [7, 11) is 0. The van der Waals surface area contributed by atoms with Gasteiger partial charge in [0, 0.05) is 17.6 Å². The Morgan fingerprint density at radius 2 is 2.21 bits per heavy atom. The van der Waals surface area contributed by atoms with Gasteiger partial charge in [0.2, 0.25) is 5.95 Å². The largest absolute Gasteiger partial charge is 0.363 e. The van der Waals surface area contributed by atoms with Crippen molar-refractivity contribution in [3.8, 4) is 9.88 Å². The first-order chi connectivity index (χ1) is 13.6. The fraction of sp³-hybridized carbons (Fsp3) is 0.350. The van der Waals surface area contributed by atoms with E-state index in [0.717, 1.165) is 26.9 Å². The van der Waals surface area contributed by atoms with Gasteiger partial charge in [0.15, 0.2) is 0 Å². The quantitative estimate of drug-likeness (QED) is 0.380. The molecule has 0 saturated heterocycles. The summed E-state index contributed by atoms with van der Waals surface area (Å²) < 4.78 is 0.857. The van der Waals surface area contributed by atoms with Crippen molar-refractivity contribution in [3.63, 3.8) is 0 Å². The highest BCUT2D eigenvalue weighted by Crippen LogP contribution is 2.36. The second-order valence-electron chi connectivity index (χ2n) is 6.98. The monoisotopic (exact) mass is 475 g/mol. The summed E-state index contributed by atoms with van der Waals surface area (Å²) in [6.07, 6.45) is 6.72. The first-order valence-corrected chi connectivity index (χ1v) is 11.8. The Morgan fingerprint density at radius 3 is 2.96 bits per heavy atom. The number of rotatable bonds is 8. The molecular formula is C20H22BrN5S2. The van der Waals surface area contributed by atoms with Crippen molar-refractivity contribution in [2.45, 2.75) is 39.3 Å². The molecule has 146 valence electrons. The predicted octanol–water partition coefficient (Wildman–Crippen LogP) is 6.19. The first kappa shape index (κ1) is 19.5. The molecule has 1 atom stereocenters. The van der Waals surface area contributed by atoms with Crippen molar-refractivity contribution in [2.75, 3.05) is 10.6 Å². The molecule has 2 N–H and O–H groups in total. The van der Waals surface area contributed by atoms with Gasteiger partial charge in [0.05, 0.1) is 21.6 Å². The van der Waals surface area contributed by atoms with Gasteiger partial charge in [-0.25, -0.2) is 9.97 Å². The zero-order valence-corrected chi connectivity index (χ0v) is 19.0. The van der Waals surface area contributed by atoms with Crippen molar-refractivity contribution >= 4 is 50.4 Å². The molecule has 3 aromatic heterocycles. The molecule has 0 bridgehead atoms. The molecular weight excluding hydrogens is 454 g/mol. The molecule has 0 aromatic carbocycles. The molecule has 3 heterocycles. The third-order valence-electron chi connectivity index (χ3n) is 4.55. The average Bonchev–Trinajstić information content (AvgIpc) is 3.18. The molecule has 0 aliphatic heterocycles. The van der Waals surface area contributed by atoms with Crippen molar-refractivity contribution in [1.82, 2.24) is 15.0 Å². The van der Waals surface area contributed by atoms with E-state index in [4.69, 9.17) is 0 Å². The molecule has 28 heavy (non-hydrogen) atoms. The fourth-order valence-electron chi connectivity index (χ4n) is 2.95. The molecule has 1 unspecified atom stereocenters. The van der Waals surface area contributed by atoms with Crippen LogP contribution in [-0.4, -0.2) is 21.0 Å². The molecule has 8 heteroatoms. The standard InChI is InChI=1S/C20H22BrN5S2/c1-12(14-5-6-14)8-13(2)24-18-16(21)10-23-20(26-18)22-9-15-11-28-19(25-15)17-4-3-7-27-17/h3-4,7-8,10-11,13-14H,5-6,9H2,1-2H3,(H2,22,23,24,26)/b12-8+. The molecule has 4 rings (SSSR count). The number of nitrogens with one attached hydrogen (secondary N) is 2. The van der Waals surface area contributed by atoms with E-state index >= 15 is 0 Å². The normalized spacial score (nSPS) is 15.5. The number of thiophene rings is 1. The van der Waals surface area contributed by atoms with Gasteiger partial charge in [-0.2, -0.15) is 4.98 Å². The minimum absolute atomic E-state index is 0.214. The van der Waals surface area contributed by atoms with Gasteiger partial charge in [-0.05, 0) is 60.0 Å². The lowest BCUT2D eigenvalue weighted by Gasteiger charge is -2.14. The Labute approximate surface area is 181 Å². The van der Waals surface area contributed by atoms with Crippen LogP contribution < -0.4 is 10.6 Å². The number of halogens is 1. The second kappa shape index (κ2) is 8.71. The highest BCUT2D eigenvalue weighted by Gasteiger charge is 2.23. The van der Waals surface area contributed by atoms with Gasteiger partial charge < -0.3 is 10.6 Å². The second-order valence-corrected chi connectivity index (χ2v) is 9.64. The Morgan fingerprint density at radius 1 is 1.36 bits per heavy atom. The zero-order valence-electron chi connectivity index (χ0n) is 15.8. The lowest BCUT2D eigenvalue weighted by Crippen LogP contribution is -2.15. The van der Waals surface area contributed by atoms with Gasteiger partial charge in [0.25, 0.3) is 0 Å². The molecule has 1 saturated carbocycles. The Hall–Kier alpha value is -1.77. The Balaban J connectivity index is 1.38. The minimum Gasteiger partial charge on any atom is -0.363 e. The molecule has 0 radical (unpaired) electrons. The van der Waals surface area contributed by atoms with Crippen molar-refractivity contribution in [3.05, 3.63) is 50.9 Å². The minimum atomic E-state index is 0.214. The first-order valence-electron chi connectivity index (χ1n) is 9.28. The van der Waals surface area contributed by atoms with Crippen molar-refractivity contribution in [2.24, 2.45) is 5.92 Å². The molecule has 1 aliphatic rings. The molecule has 1 aliphatic carbocycles. The number of allylic oxidation sites excluding steroid dienone is 1. The zero-order chi connectivity index (χ0) is 19.5. The van der Waals surface area contributed by atoms with Crippen molar-refractivity contribution < 1.29 is 0 Å². The number of anilines is 2. The SMILES string of the molecule is C/C(=C\C(C)Nc1nc(NCc2csc(-c3cccs3)n2)ncc1Br)C1CC1. The van der Waals surface area contributed by atoms with Crippen LogP contribution in [0.2, 0.25) is 0 Å². The van der Waals surface area contributed by atoms with Gasteiger partial charge in [-0.1, -0.05) is 17.7 Å². The third-order valence-corrected chi connectivity index (χ3v) is 7.06. The summed E-state index contributed by atoms with van der Waals surface area (Å²) in [5.74, 6) is 2.17. The van der Waals surface area contributed by atoms with Gasteiger partial charge >= 0.3 is 0 Å². The van der Waals surface area contributed by atoms with Crippen LogP contribution in [0.3, 0.4) is 0 Å². The molecule has 1 fully saturated rings. The number of aromatic nitrogens is 3. The van der Waals surface area contributed by atoms with E-state index < -0.39 is 0 Å². The summed E-state index contributed by atoms with van der Waals surface area (Å²) >= 11 is 6.91. The highest BCUT2D eigenvalue weighted by atomic mass is 79.9. The predicted molar refractivity (Wildman–Crippen MR) is 122 cm³/mol. The van der Waals surface area contributed by atoms with Crippen molar-refractivity contribution in [1.29, 1.82) is 0 Å². The van der Waals surface area contributed by atoms with Crippen LogP contribution in [-0.2, 0) is 6.54 Å². The summed E-state index contributed by atoms with van der Waals surface area (Å²) in [4.78, 5) is 14.9. The third kappa shape index (κ3) is 4.98. The topological polar surface area (TPSA) is 62.7 Å². The van der Waals surface area contributed by atoms with E-state index in [1.165, 1.54) is 23.3 Å². The molecule has 3 aromatic rings. The summed E-state index contributed by atoms with van der Waals surface area (Å²) in [6.45, 7) is 4.96. The number of hydrogen-bond acceptors (Lipinski definition) is 7. The number of thiazole rings is 1. The highest BCUT2D eigenvalue weighted by molar-refractivity contribution is 9.10. The van der Waals surface area contributed by atoms with Crippen LogP contribution in [0.4, 0.5) is 11.8 Å². The van der Waals surface area contributed by atoms with E-state index in [9.17, 15) is 0 Å².